The molecule has 0 bridgehead atoms. The van der Waals surface area contributed by atoms with E-state index in [0.29, 0.717) is 0 Å². The van der Waals surface area contributed by atoms with E-state index in [2.05, 4.69) is 0 Å². The van der Waals surface area contributed by atoms with Crippen LogP contribution in [0.25, 0.3) is 0 Å². The molecular formula is C9H17NO6S2. The summed E-state index contributed by atoms with van der Waals surface area (Å²) in [5.74, 6) is -1.65. The molecule has 0 saturated carbocycles. The Bertz CT molecular complexity index is 509. The van der Waals surface area contributed by atoms with Crippen molar-refractivity contribution in [2.45, 2.75) is 25.8 Å². The number of hydrogen-bond donors (Lipinski definition) is 1. The van der Waals surface area contributed by atoms with E-state index >= 15 is 0 Å². The van der Waals surface area contributed by atoms with Gasteiger partial charge in [-0.05, 0) is 13.3 Å². The molecule has 1 fully saturated rings. The van der Waals surface area contributed by atoms with Crippen molar-refractivity contribution < 1.29 is 26.7 Å². The van der Waals surface area contributed by atoms with Gasteiger partial charge in [-0.2, -0.15) is 4.31 Å². The highest BCUT2D eigenvalue weighted by Crippen LogP contribution is 2.17. The molecule has 1 atom stereocenters. The molecule has 18 heavy (non-hydrogen) atoms. The van der Waals surface area contributed by atoms with Crippen LogP contribution in [-0.4, -0.2) is 62.1 Å². The van der Waals surface area contributed by atoms with E-state index in [1.807, 2.05) is 0 Å². The number of carbonyl (C=O) groups is 1. The van der Waals surface area contributed by atoms with Crippen molar-refractivity contribution in [2.24, 2.45) is 0 Å². The highest BCUT2D eigenvalue weighted by Gasteiger charge is 2.35. The fourth-order valence-electron chi connectivity index (χ4n) is 1.92. The van der Waals surface area contributed by atoms with E-state index < -0.39 is 31.9 Å². The zero-order valence-corrected chi connectivity index (χ0v) is 11.7. The molecule has 1 aliphatic heterocycles. The molecule has 1 unspecified atom stereocenters. The maximum Gasteiger partial charge on any atom is 0.303 e. The minimum atomic E-state index is -3.57. The summed E-state index contributed by atoms with van der Waals surface area (Å²) in [7, 11) is -6.73. The lowest BCUT2D eigenvalue weighted by Gasteiger charge is -2.32. The van der Waals surface area contributed by atoms with Gasteiger partial charge in [0, 0.05) is 19.0 Å². The number of carboxylic acid groups (broad SMARTS) is 1. The maximum absolute atomic E-state index is 11.9. The van der Waals surface area contributed by atoms with Crippen LogP contribution in [0.2, 0.25) is 0 Å². The number of nitrogens with zero attached hydrogens (tertiary/aromatic N) is 1. The summed E-state index contributed by atoms with van der Waals surface area (Å²) in [5.41, 5.74) is 0. The Hall–Kier alpha value is -0.670. The molecule has 1 N–H and O–H groups in total. The Kier molecular flexibility index (Phi) is 4.73. The van der Waals surface area contributed by atoms with Gasteiger partial charge in [0.1, 0.15) is 0 Å². The largest absolute Gasteiger partial charge is 0.481 e. The minimum absolute atomic E-state index is 0.0354. The lowest BCUT2D eigenvalue weighted by molar-refractivity contribution is -0.137. The fourth-order valence-corrected chi connectivity index (χ4v) is 5.42. The summed E-state index contributed by atoms with van der Waals surface area (Å²) in [5, 5.41) is 8.45. The Labute approximate surface area is 107 Å². The van der Waals surface area contributed by atoms with Gasteiger partial charge in [-0.25, -0.2) is 16.8 Å². The SMILES string of the molecule is CC1CS(=O)(=O)CCN1S(=O)(=O)CCCC(=O)O. The van der Waals surface area contributed by atoms with Crippen LogP contribution in [0.3, 0.4) is 0 Å². The standard InChI is InChI=1S/C9H17NO6S2/c1-8-7-17(13,14)6-4-10(8)18(15,16)5-2-3-9(11)12/h8H,2-7H2,1H3,(H,11,12). The highest BCUT2D eigenvalue weighted by molar-refractivity contribution is 7.92. The van der Waals surface area contributed by atoms with E-state index in [-0.39, 0.29) is 36.6 Å². The first-order valence-corrected chi connectivity index (χ1v) is 8.99. The third kappa shape index (κ3) is 4.21. The molecule has 0 aromatic carbocycles. The molecule has 9 heteroatoms. The molecule has 1 aliphatic rings. The summed E-state index contributed by atoms with van der Waals surface area (Å²) in [6.07, 6.45) is -0.173. The van der Waals surface area contributed by atoms with Gasteiger partial charge in [-0.3, -0.25) is 4.79 Å². The van der Waals surface area contributed by atoms with E-state index in [1.165, 1.54) is 0 Å². The number of aliphatic carboxylic acids is 1. The second kappa shape index (κ2) is 5.54. The Morgan fingerprint density at radius 2 is 2.06 bits per heavy atom. The van der Waals surface area contributed by atoms with Crippen molar-refractivity contribution in [1.82, 2.24) is 4.31 Å². The van der Waals surface area contributed by atoms with Crippen LogP contribution in [0.4, 0.5) is 0 Å². The smallest absolute Gasteiger partial charge is 0.303 e. The van der Waals surface area contributed by atoms with E-state index in [9.17, 15) is 21.6 Å². The summed E-state index contributed by atoms with van der Waals surface area (Å²) < 4.78 is 47.7. The van der Waals surface area contributed by atoms with Gasteiger partial charge >= 0.3 is 5.97 Å². The van der Waals surface area contributed by atoms with Gasteiger partial charge in [0.2, 0.25) is 10.0 Å². The Morgan fingerprint density at radius 3 is 2.56 bits per heavy atom. The number of sulfone groups is 1. The van der Waals surface area contributed by atoms with E-state index in [1.54, 1.807) is 6.92 Å². The molecule has 1 heterocycles. The third-order valence-electron chi connectivity index (χ3n) is 2.76. The fraction of sp³-hybridized carbons (Fsp3) is 0.889. The Morgan fingerprint density at radius 1 is 1.44 bits per heavy atom. The van der Waals surface area contributed by atoms with Gasteiger partial charge in [-0.1, -0.05) is 0 Å². The van der Waals surface area contributed by atoms with E-state index in [4.69, 9.17) is 5.11 Å². The van der Waals surface area contributed by atoms with Gasteiger partial charge < -0.3 is 5.11 Å². The molecule has 0 radical (unpaired) electrons. The average molecular weight is 299 g/mol. The average Bonchev–Trinajstić information content (AvgIpc) is 2.13. The first-order valence-electron chi connectivity index (χ1n) is 5.56. The van der Waals surface area contributed by atoms with Crippen LogP contribution in [0.1, 0.15) is 19.8 Å². The molecule has 0 amide bonds. The summed E-state index contributed by atoms with van der Waals surface area (Å²) >= 11 is 0. The molecule has 1 saturated heterocycles. The monoisotopic (exact) mass is 299 g/mol. The summed E-state index contributed by atoms with van der Waals surface area (Å²) in [4.78, 5) is 10.3. The van der Waals surface area contributed by atoms with Crippen LogP contribution >= 0.6 is 0 Å². The normalized spacial score (nSPS) is 24.8. The van der Waals surface area contributed by atoms with Gasteiger partial charge in [0.05, 0.1) is 17.3 Å². The van der Waals surface area contributed by atoms with Gasteiger partial charge in [0.25, 0.3) is 0 Å². The third-order valence-corrected chi connectivity index (χ3v) is 6.62. The first kappa shape index (κ1) is 15.4. The van der Waals surface area contributed by atoms with Crippen molar-refractivity contribution in [3.05, 3.63) is 0 Å². The maximum atomic E-state index is 11.9. The van der Waals surface area contributed by atoms with Crippen molar-refractivity contribution in [2.75, 3.05) is 23.8 Å². The Balaban J connectivity index is 2.66. The van der Waals surface area contributed by atoms with Crippen LogP contribution in [0.5, 0.6) is 0 Å². The van der Waals surface area contributed by atoms with Crippen LogP contribution in [0.15, 0.2) is 0 Å². The topological polar surface area (TPSA) is 109 Å². The quantitative estimate of drug-likeness (QED) is 0.719. The lowest BCUT2D eigenvalue weighted by atomic mass is 10.3. The lowest BCUT2D eigenvalue weighted by Crippen LogP contribution is -2.50. The number of sulfonamides is 1. The van der Waals surface area contributed by atoms with Crippen molar-refractivity contribution in [3.63, 3.8) is 0 Å². The van der Waals surface area contributed by atoms with Gasteiger partial charge in [-0.15, -0.1) is 0 Å². The van der Waals surface area contributed by atoms with E-state index in [0.717, 1.165) is 4.31 Å². The second-order valence-corrected chi connectivity index (χ2v) is 8.66. The zero-order valence-electron chi connectivity index (χ0n) is 10.1. The molecule has 7 nitrogen and oxygen atoms in total. The van der Waals surface area contributed by atoms with Crippen LogP contribution in [0, 0.1) is 0 Å². The molecular weight excluding hydrogens is 282 g/mol. The highest BCUT2D eigenvalue weighted by atomic mass is 32.2. The molecule has 0 aromatic rings. The number of hydrogen-bond acceptors (Lipinski definition) is 5. The van der Waals surface area contributed by atoms with Crippen molar-refractivity contribution in [3.8, 4) is 0 Å². The first-order chi connectivity index (χ1) is 8.14. The molecule has 0 spiro atoms. The van der Waals surface area contributed by atoms with Crippen molar-refractivity contribution in [1.29, 1.82) is 0 Å². The molecule has 106 valence electrons. The predicted octanol–water partition coefficient (Wildman–Crippen LogP) is -0.700. The molecule has 0 aliphatic carbocycles. The number of rotatable bonds is 5. The minimum Gasteiger partial charge on any atom is -0.481 e. The van der Waals surface area contributed by atoms with Crippen LogP contribution in [-0.2, 0) is 24.7 Å². The molecule has 0 aromatic heterocycles. The zero-order chi connectivity index (χ0) is 14.0. The second-order valence-electron chi connectivity index (χ2n) is 4.39. The molecule has 1 rings (SSSR count). The predicted molar refractivity (Wildman–Crippen MR) is 65.5 cm³/mol. The summed E-state index contributed by atoms with van der Waals surface area (Å²) in [6, 6.07) is -0.585. The summed E-state index contributed by atoms with van der Waals surface area (Å²) in [6.45, 7) is 1.50. The van der Waals surface area contributed by atoms with Crippen LogP contribution < -0.4 is 0 Å². The van der Waals surface area contributed by atoms with Gasteiger partial charge in [0.15, 0.2) is 9.84 Å². The number of carboxylic acids is 1. The van der Waals surface area contributed by atoms with Crippen molar-refractivity contribution >= 4 is 25.8 Å².